The van der Waals surface area contributed by atoms with Crippen molar-refractivity contribution in [1.29, 1.82) is 0 Å². The second-order valence-electron chi connectivity index (χ2n) is 4.70. The van der Waals surface area contributed by atoms with Crippen molar-refractivity contribution in [3.8, 4) is 0 Å². The molecule has 0 fully saturated rings. The average molecular weight is 254 g/mol. The Balaban J connectivity index is 2.45. The van der Waals surface area contributed by atoms with Crippen LogP contribution in [0.5, 0.6) is 0 Å². The standard InChI is InChI=1S/C15H14N2O2/c1-3-10-4-5-13-12(6-10)16-15(19)14-7-11(9(2)18)8-17(13)14/h4-8H,3H2,1-2H3,(H,16,19). The minimum absolute atomic E-state index is 0.0403. The summed E-state index contributed by atoms with van der Waals surface area (Å²) in [7, 11) is 0. The maximum Gasteiger partial charge on any atom is 0.272 e. The number of nitrogens with zero attached hydrogens (tertiary/aromatic N) is 1. The van der Waals surface area contributed by atoms with Crippen molar-refractivity contribution in [3.63, 3.8) is 0 Å². The summed E-state index contributed by atoms with van der Waals surface area (Å²) < 4.78 is 1.78. The highest BCUT2D eigenvalue weighted by Crippen LogP contribution is 2.17. The van der Waals surface area contributed by atoms with Crippen LogP contribution >= 0.6 is 0 Å². The lowest BCUT2D eigenvalue weighted by Crippen LogP contribution is -2.09. The molecule has 0 radical (unpaired) electrons. The van der Waals surface area contributed by atoms with Gasteiger partial charge in [0.1, 0.15) is 5.52 Å². The van der Waals surface area contributed by atoms with Gasteiger partial charge in [-0.1, -0.05) is 13.0 Å². The van der Waals surface area contributed by atoms with Crippen LogP contribution in [0.25, 0.3) is 16.6 Å². The summed E-state index contributed by atoms with van der Waals surface area (Å²) in [6.07, 6.45) is 2.64. The Morgan fingerprint density at radius 1 is 1.26 bits per heavy atom. The summed E-state index contributed by atoms with van der Waals surface area (Å²) in [4.78, 5) is 26.3. The first-order valence-corrected chi connectivity index (χ1v) is 6.28. The number of rotatable bonds is 2. The van der Waals surface area contributed by atoms with Crippen LogP contribution in [0.2, 0.25) is 0 Å². The van der Waals surface area contributed by atoms with Gasteiger partial charge in [-0.3, -0.25) is 9.59 Å². The normalized spacial score (nSPS) is 11.3. The molecule has 4 heteroatoms. The molecule has 0 spiro atoms. The van der Waals surface area contributed by atoms with Gasteiger partial charge in [-0.2, -0.15) is 0 Å². The van der Waals surface area contributed by atoms with E-state index >= 15 is 0 Å². The smallest absolute Gasteiger partial charge is 0.272 e. The SMILES string of the molecule is CCc1ccc2c(c1)[nH]c(=O)c1cc(C(C)=O)cn12. The van der Waals surface area contributed by atoms with E-state index in [0.717, 1.165) is 17.5 Å². The van der Waals surface area contributed by atoms with Gasteiger partial charge in [0.25, 0.3) is 5.56 Å². The molecule has 19 heavy (non-hydrogen) atoms. The van der Waals surface area contributed by atoms with E-state index < -0.39 is 0 Å². The topological polar surface area (TPSA) is 54.3 Å². The highest BCUT2D eigenvalue weighted by molar-refractivity contribution is 5.96. The Labute approximate surface area is 109 Å². The molecule has 0 aliphatic rings. The number of benzene rings is 1. The van der Waals surface area contributed by atoms with Crippen LogP contribution in [-0.2, 0) is 6.42 Å². The largest absolute Gasteiger partial charge is 0.319 e. The molecule has 3 aromatic rings. The summed E-state index contributed by atoms with van der Waals surface area (Å²) in [5.74, 6) is -0.0403. The highest BCUT2D eigenvalue weighted by Gasteiger charge is 2.10. The first-order valence-electron chi connectivity index (χ1n) is 6.28. The molecular formula is C15H14N2O2. The number of ketones is 1. The van der Waals surface area contributed by atoms with Crippen LogP contribution in [-0.4, -0.2) is 15.2 Å². The van der Waals surface area contributed by atoms with E-state index in [2.05, 4.69) is 11.9 Å². The molecule has 1 N–H and O–H groups in total. The number of aromatic amines is 1. The Kier molecular flexibility index (Phi) is 2.52. The van der Waals surface area contributed by atoms with Crippen molar-refractivity contribution in [2.45, 2.75) is 20.3 Å². The van der Waals surface area contributed by atoms with E-state index in [0.29, 0.717) is 11.1 Å². The van der Waals surface area contributed by atoms with Gasteiger partial charge in [0, 0.05) is 11.8 Å². The van der Waals surface area contributed by atoms with Crippen LogP contribution in [0.4, 0.5) is 0 Å². The lowest BCUT2D eigenvalue weighted by molar-refractivity contribution is 0.101. The summed E-state index contributed by atoms with van der Waals surface area (Å²) in [6, 6.07) is 7.62. The van der Waals surface area contributed by atoms with E-state index in [1.54, 1.807) is 16.7 Å². The van der Waals surface area contributed by atoms with Gasteiger partial charge < -0.3 is 9.38 Å². The fraction of sp³-hybridized carbons (Fsp3) is 0.200. The summed E-state index contributed by atoms with van der Waals surface area (Å²) in [5, 5.41) is 0. The predicted molar refractivity (Wildman–Crippen MR) is 74.9 cm³/mol. The van der Waals surface area contributed by atoms with E-state index in [1.807, 2.05) is 18.2 Å². The van der Waals surface area contributed by atoms with Crippen molar-refractivity contribution in [1.82, 2.24) is 9.38 Å². The lowest BCUT2D eigenvalue weighted by atomic mass is 10.1. The van der Waals surface area contributed by atoms with Gasteiger partial charge in [-0.05, 0) is 37.1 Å². The number of hydrogen-bond donors (Lipinski definition) is 1. The molecule has 96 valence electrons. The third-order valence-corrected chi connectivity index (χ3v) is 3.44. The van der Waals surface area contributed by atoms with Gasteiger partial charge in [0.2, 0.25) is 0 Å². The first-order chi connectivity index (χ1) is 9.10. The quantitative estimate of drug-likeness (QED) is 0.714. The molecule has 0 bridgehead atoms. The molecule has 0 aliphatic heterocycles. The molecule has 0 unspecified atom stereocenters. The van der Waals surface area contributed by atoms with E-state index in [4.69, 9.17) is 0 Å². The van der Waals surface area contributed by atoms with Crippen LogP contribution in [0, 0.1) is 0 Å². The molecule has 1 aromatic carbocycles. The van der Waals surface area contributed by atoms with Crippen molar-refractivity contribution in [2.24, 2.45) is 0 Å². The fourth-order valence-corrected chi connectivity index (χ4v) is 2.33. The molecule has 4 nitrogen and oxygen atoms in total. The number of H-pyrrole nitrogens is 1. The third-order valence-electron chi connectivity index (χ3n) is 3.44. The molecule has 2 aromatic heterocycles. The zero-order valence-electron chi connectivity index (χ0n) is 10.9. The monoisotopic (exact) mass is 254 g/mol. The Bertz CT molecular complexity index is 856. The summed E-state index contributed by atoms with van der Waals surface area (Å²) in [5.41, 5.74) is 3.75. The van der Waals surface area contributed by atoms with Crippen LogP contribution in [0.3, 0.4) is 0 Å². The van der Waals surface area contributed by atoms with Gasteiger partial charge in [-0.15, -0.1) is 0 Å². The molecule has 0 saturated heterocycles. The van der Waals surface area contributed by atoms with Gasteiger partial charge in [0.05, 0.1) is 11.0 Å². The molecule has 0 saturated carbocycles. The van der Waals surface area contributed by atoms with E-state index in [1.165, 1.54) is 12.5 Å². The Hall–Kier alpha value is -2.36. The van der Waals surface area contributed by atoms with Crippen molar-refractivity contribution < 1.29 is 4.79 Å². The number of hydrogen-bond acceptors (Lipinski definition) is 2. The van der Waals surface area contributed by atoms with Crippen molar-refractivity contribution >= 4 is 22.3 Å². The minimum atomic E-state index is -0.173. The second kappa shape index (κ2) is 4.09. The molecular weight excluding hydrogens is 240 g/mol. The second-order valence-corrected chi connectivity index (χ2v) is 4.70. The zero-order valence-corrected chi connectivity index (χ0v) is 10.9. The van der Waals surface area contributed by atoms with E-state index in [-0.39, 0.29) is 11.3 Å². The lowest BCUT2D eigenvalue weighted by Gasteiger charge is -2.04. The maximum atomic E-state index is 12.0. The number of fused-ring (bicyclic) bond motifs is 3. The van der Waals surface area contributed by atoms with Gasteiger partial charge in [-0.25, -0.2) is 0 Å². The minimum Gasteiger partial charge on any atom is -0.319 e. The number of carbonyl (C=O) groups is 1. The van der Waals surface area contributed by atoms with Crippen molar-refractivity contribution in [2.75, 3.05) is 0 Å². The van der Waals surface area contributed by atoms with Crippen LogP contribution in [0.1, 0.15) is 29.8 Å². The Morgan fingerprint density at radius 3 is 2.74 bits per heavy atom. The summed E-state index contributed by atoms with van der Waals surface area (Å²) >= 11 is 0. The molecule has 2 heterocycles. The number of aryl methyl sites for hydroxylation is 1. The number of Topliss-reactive ketones (excluding diaryl/α,β-unsaturated/α-hetero) is 1. The van der Waals surface area contributed by atoms with Gasteiger partial charge >= 0.3 is 0 Å². The maximum absolute atomic E-state index is 12.0. The average Bonchev–Trinajstić information content (AvgIpc) is 2.84. The fourth-order valence-electron chi connectivity index (χ4n) is 2.33. The molecule has 0 amide bonds. The molecule has 3 rings (SSSR count). The third kappa shape index (κ3) is 1.76. The first kappa shape index (κ1) is 11.7. The predicted octanol–water partition coefficient (Wildman–Crippen LogP) is 2.55. The zero-order chi connectivity index (χ0) is 13.6. The van der Waals surface area contributed by atoms with Crippen LogP contribution < -0.4 is 5.56 Å². The van der Waals surface area contributed by atoms with Crippen LogP contribution in [0.15, 0.2) is 35.3 Å². The Morgan fingerprint density at radius 2 is 2.05 bits per heavy atom. The molecule has 0 atom stereocenters. The summed E-state index contributed by atoms with van der Waals surface area (Å²) in [6.45, 7) is 3.57. The highest BCUT2D eigenvalue weighted by atomic mass is 16.1. The number of nitrogens with one attached hydrogen (secondary N) is 1. The number of aromatic nitrogens is 2. The molecule has 0 aliphatic carbocycles. The van der Waals surface area contributed by atoms with Crippen molar-refractivity contribution in [3.05, 3.63) is 51.9 Å². The van der Waals surface area contributed by atoms with E-state index in [9.17, 15) is 9.59 Å². The number of carbonyl (C=O) groups excluding carboxylic acids is 1. The van der Waals surface area contributed by atoms with Gasteiger partial charge in [0.15, 0.2) is 5.78 Å².